The standard InChI is InChI=1S/C19H28N6O2.2ClH/c1-13(2)11-21-19(26)18-23-15-6-3-7-16(25-22-9-10-27-25)17(15)24(18)14-5-4-8-20-12-14;;/h3,6-7,9-10,13-14,18,20,22-23H,4-5,8,11-12H2,1-2H3,(H,21,26);2*1H. The molecule has 162 valence electrons. The summed E-state index contributed by atoms with van der Waals surface area (Å²) in [5.74, 6) is 0.413. The lowest BCUT2D eigenvalue weighted by Gasteiger charge is -2.37. The Kier molecular flexibility index (Phi) is 8.13. The molecule has 2 unspecified atom stereocenters. The number of nitrogens with zero attached hydrogens (tertiary/aromatic N) is 2. The highest BCUT2D eigenvalue weighted by atomic mass is 35.5. The predicted octanol–water partition coefficient (Wildman–Crippen LogP) is 2.34. The van der Waals surface area contributed by atoms with Gasteiger partial charge in [0, 0.05) is 19.1 Å². The normalized spacial score (nSPS) is 22.0. The number of nitrogens with one attached hydrogen (secondary N) is 4. The van der Waals surface area contributed by atoms with Crippen LogP contribution < -0.4 is 31.4 Å². The van der Waals surface area contributed by atoms with E-state index in [1.807, 2.05) is 18.2 Å². The SMILES string of the molecule is CC(C)CNC(=O)C1Nc2cccc(N3NC=CO3)c2N1C1CCCNC1.Cl.Cl. The maximum Gasteiger partial charge on any atom is 0.263 e. The van der Waals surface area contributed by atoms with Crippen LogP contribution in [0.4, 0.5) is 17.1 Å². The fraction of sp³-hybridized carbons (Fsp3) is 0.526. The number of hydrogen-bond donors (Lipinski definition) is 4. The molecule has 0 saturated carbocycles. The van der Waals surface area contributed by atoms with E-state index in [4.69, 9.17) is 4.84 Å². The Balaban J connectivity index is 0.00000150. The van der Waals surface area contributed by atoms with E-state index in [1.165, 1.54) is 0 Å². The molecule has 3 heterocycles. The summed E-state index contributed by atoms with van der Waals surface area (Å²) >= 11 is 0. The second-order valence-electron chi connectivity index (χ2n) is 7.60. The largest absolute Gasteiger partial charge is 0.365 e. The van der Waals surface area contributed by atoms with Crippen LogP contribution in [-0.4, -0.2) is 37.7 Å². The van der Waals surface area contributed by atoms with Gasteiger partial charge in [0.25, 0.3) is 5.91 Å². The van der Waals surface area contributed by atoms with Crippen LogP contribution in [-0.2, 0) is 9.63 Å². The molecule has 1 saturated heterocycles. The molecule has 8 nitrogen and oxygen atoms in total. The van der Waals surface area contributed by atoms with Gasteiger partial charge in [0.05, 0.1) is 17.6 Å². The number of piperidine rings is 1. The van der Waals surface area contributed by atoms with Crippen LogP contribution in [0, 0.1) is 5.92 Å². The van der Waals surface area contributed by atoms with Crippen LogP contribution in [0.25, 0.3) is 0 Å². The van der Waals surface area contributed by atoms with E-state index in [2.05, 4.69) is 40.1 Å². The lowest BCUT2D eigenvalue weighted by atomic mass is 10.0. The minimum absolute atomic E-state index is 0. The molecule has 2 atom stereocenters. The van der Waals surface area contributed by atoms with Gasteiger partial charge in [-0.15, -0.1) is 30.0 Å². The fourth-order valence-electron chi connectivity index (χ4n) is 3.83. The lowest BCUT2D eigenvalue weighted by Crippen LogP contribution is -2.56. The summed E-state index contributed by atoms with van der Waals surface area (Å²) in [6.07, 6.45) is 5.05. The second-order valence-corrected chi connectivity index (χ2v) is 7.60. The van der Waals surface area contributed by atoms with Crippen LogP contribution in [0.5, 0.6) is 0 Å². The lowest BCUT2D eigenvalue weighted by molar-refractivity contribution is -0.122. The van der Waals surface area contributed by atoms with E-state index in [-0.39, 0.29) is 36.8 Å². The highest BCUT2D eigenvalue weighted by Crippen LogP contribution is 2.44. The van der Waals surface area contributed by atoms with Crippen molar-refractivity contribution < 1.29 is 9.63 Å². The van der Waals surface area contributed by atoms with Crippen molar-refractivity contribution in [3.63, 3.8) is 0 Å². The first-order valence-electron chi connectivity index (χ1n) is 9.69. The Hall–Kier alpha value is -2.03. The first-order chi connectivity index (χ1) is 13.1. The Bertz CT molecular complexity index is 719. The van der Waals surface area contributed by atoms with Crippen molar-refractivity contribution in [3.05, 3.63) is 30.7 Å². The zero-order valence-electron chi connectivity index (χ0n) is 16.7. The van der Waals surface area contributed by atoms with Crippen molar-refractivity contribution in [2.45, 2.75) is 38.9 Å². The molecule has 10 heteroatoms. The van der Waals surface area contributed by atoms with E-state index >= 15 is 0 Å². The van der Waals surface area contributed by atoms with E-state index in [1.54, 1.807) is 17.6 Å². The number of amides is 1. The van der Waals surface area contributed by atoms with Crippen LogP contribution in [0.2, 0.25) is 0 Å². The van der Waals surface area contributed by atoms with Crippen LogP contribution in [0.1, 0.15) is 26.7 Å². The monoisotopic (exact) mass is 444 g/mol. The minimum atomic E-state index is -0.430. The molecule has 1 aromatic carbocycles. The number of benzene rings is 1. The highest BCUT2D eigenvalue weighted by molar-refractivity contribution is 5.98. The van der Waals surface area contributed by atoms with E-state index in [0.29, 0.717) is 12.5 Å². The summed E-state index contributed by atoms with van der Waals surface area (Å²) in [4.78, 5) is 20.8. The van der Waals surface area contributed by atoms with Gasteiger partial charge in [-0.3, -0.25) is 10.2 Å². The van der Waals surface area contributed by atoms with Crippen molar-refractivity contribution >= 4 is 47.8 Å². The van der Waals surface area contributed by atoms with E-state index < -0.39 is 6.17 Å². The van der Waals surface area contributed by atoms with Gasteiger partial charge in [0.15, 0.2) is 6.17 Å². The van der Waals surface area contributed by atoms with Gasteiger partial charge in [-0.25, -0.2) is 0 Å². The van der Waals surface area contributed by atoms with Gasteiger partial charge < -0.3 is 25.7 Å². The quantitative estimate of drug-likeness (QED) is 0.554. The van der Waals surface area contributed by atoms with E-state index in [0.717, 1.165) is 43.0 Å². The molecule has 0 radical (unpaired) electrons. The molecule has 4 N–H and O–H groups in total. The summed E-state index contributed by atoms with van der Waals surface area (Å²) < 4.78 is 0. The second kappa shape index (κ2) is 10.1. The number of para-hydroxylation sites is 1. The summed E-state index contributed by atoms with van der Waals surface area (Å²) in [6.45, 7) is 6.74. The third kappa shape index (κ3) is 4.76. The van der Waals surface area contributed by atoms with Gasteiger partial charge in [-0.1, -0.05) is 19.9 Å². The van der Waals surface area contributed by atoms with Crippen LogP contribution in [0.15, 0.2) is 30.7 Å². The molecule has 0 aromatic heterocycles. The molecule has 1 amide bonds. The van der Waals surface area contributed by atoms with Gasteiger partial charge >= 0.3 is 0 Å². The average molecular weight is 445 g/mol. The smallest absolute Gasteiger partial charge is 0.263 e. The zero-order valence-corrected chi connectivity index (χ0v) is 18.3. The summed E-state index contributed by atoms with van der Waals surface area (Å²) in [5.41, 5.74) is 5.89. The number of halogens is 2. The maximum atomic E-state index is 13.0. The molecule has 0 spiro atoms. The molecular formula is C19H30Cl2N6O2. The van der Waals surface area contributed by atoms with Gasteiger partial charge in [0.1, 0.15) is 11.9 Å². The number of fused-ring (bicyclic) bond motifs is 1. The zero-order chi connectivity index (χ0) is 18.8. The molecule has 3 aliphatic rings. The number of rotatable bonds is 5. The molecule has 1 aromatic rings. The molecular weight excluding hydrogens is 415 g/mol. The summed E-state index contributed by atoms with van der Waals surface area (Å²) in [6, 6.07) is 6.22. The number of hydrogen-bond acceptors (Lipinski definition) is 7. The van der Waals surface area contributed by atoms with Gasteiger partial charge in [0.2, 0.25) is 0 Å². The molecule has 29 heavy (non-hydrogen) atoms. The number of carbonyl (C=O) groups is 1. The topological polar surface area (TPSA) is 80.9 Å². The van der Waals surface area contributed by atoms with Crippen molar-refractivity contribution in [3.8, 4) is 0 Å². The minimum Gasteiger partial charge on any atom is -0.365 e. The van der Waals surface area contributed by atoms with Crippen molar-refractivity contribution in [2.75, 3.05) is 35.0 Å². The van der Waals surface area contributed by atoms with Gasteiger partial charge in [-0.05, 0) is 37.4 Å². The van der Waals surface area contributed by atoms with Crippen molar-refractivity contribution in [1.29, 1.82) is 0 Å². The third-order valence-electron chi connectivity index (χ3n) is 5.09. The Morgan fingerprint density at radius 2 is 2.17 bits per heavy atom. The van der Waals surface area contributed by atoms with E-state index in [9.17, 15) is 4.79 Å². The first kappa shape index (κ1) is 23.3. The molecule has 1 fully saturated rings. The molecule has 0 aliphatic carbocycles. The summed E-state index contributed by atoms with van der Waals surface area (Å²) in [5, 5.41) is 11.6. The maximum absolute atomic E-state index is 13.0. The third-order valence-corrected chi connectivity index (χ3v) is 5.09. The number of anilines is 3. The summed E-state index contributed by atoms with van der Waals surface area (Å²) in [7, 11) is 0. The Morgan fingerprint density at radius 3 is 2.83 bits per heavy atom. The van der Waals surface area contributed by atoms with Crippen molar-refractivity contribution in [2.24, 2.45) is 5.92 Å². The highest BCUT2D eigenvalue weighted by Gasteiger charge is 2.41. The van der Waals surface area contributed by atoms with Crippen molar-refractivity contribution in [1.82, 2.24) is 16.1 Å². The Morgan fingerprint density at radius 1 is 1.34 bits per heavy atom. The predicted molar refractivity (Wildman–Crippen MR) is 120 cm³/mol. The number of carbonyl (C=O) groups excluding carboxylic acids is 1. The first-order valence-corrected chi connectivity index (χ1v) is 9.69. The van der Waals surface area contributed by atoms with Crippen LogP contribution in [0.3, 0.4) is 0 Å². The average Bonchev–Trinajstić information content (AvgIpc) is 3.34. The van der Waals surface area contributed by atoms with Gasteiger partial charge in [-0.2, -0.15) is 0 Å². The fourth-order valence-corrected chi connectivity index (χ4v) is 3.83. The number of hydrazine groups is 1. The molecule has 3 aliphatic heterocycles. The molecule has 0 bridgehead atoms. The Labute approximate surface area is 184 Å². The van der Waals surface area contributed by atoms with Crippen LogP contribution >= 0.6 is 24.8 Å². The molecule has 4 rings (SSSR count).